The number of carbonyl (C=O) groups is 1. The SMILES string of the molecule is CC(C)NC(=O)CSc1nc(-c2cccs2)cc(-c2cccs2)c1C#N. The highest BCUT2D eigenvalue weighted by molar-refractivity contribution is 8.00. The lowest BCUT2D eigenvalue weighted by atomic mass is 10.1. The minimum absolute atomic E-state index is 0.0603. The molecule has 0 aliphatic rings. The van der Waals surface area contributed by atoms with E-state index in [1.165, 1.54) is 11.8 Å². The number of aromatic nitrogens is 1. The largest absolute Gasteiger partial charge is 0.353 e. The van der Waals surface area contributed by atoms with Crippen molar-refractivity contribution in [3.63, 3.8) is 0 Å². The van der Waals surface area contributed by atoms with Crippen molar-refractivity contribution in [2.24, 2.45) is 0 Å². The van der Waals surface area contributed by atoms with Gasteiger partial charge in [0.25, 0.3) is 0 Å². The van der Waals surface area contributed by atoms with Gasteiger partial charge in [0.15, 0.2) is 0 Å². The van der Waals surface area contributed by atoms with E-state index in [2.05, 4.69) is 16.4 Å². The summed E-state index contributed by atoms with van der Waals surface area (Å²) in [4.78, 5) is 18.8. The Labute approximate surface area is 164 Å². The molecule has 0 spiro atoms. The molecule has 0 aliphatic carbocycles. The number of hydrogen-bond acceptors (Lipinski definition) is 6. The average molecular weight is 400 g/mol. The number of carbonyl (C=O) groups excluding carboxylic acids is 1. The van der Waals surface area contributed by atoms with Crippen LogP contribution < -0.4 is 5.32 Å². The van der Waals surface area contributed by atoms with Gasteiger partial charge in [-0.15, -0.1) is 22.7 Å². The zero-order chi connectivity index (χ0) is 18.5. The number of amides is 1. The third kappa shape index (κ3) is 4.33. The molecular weight excluding hydrogens is 382 g/mol. The van der Waals surface area contributed by atoms with Gasteiger partial charge in [-0.05, 0) is 42.8 Å². The van der Waals surface area contributed by atoms with Crippen molar-refractivity contribution >= 4 is 40.3 Å². The Hall–Kier alpha value is -2.14. The summed E-state index contributed by atoms with van der Waals surface area (Å²) in [5.41, 5.74) is 2.22. The second-order valence-corrected chi connectivity index (χ2v) is 8.67. The molecule has 7 heteroatoms. The smallest absolute Gasteiger partial charge is 0.230 e. The zero-order valence-electron chi connectivity index (χ0n) is 14.4. The van der Waals surface area contributed by atoms with E-state index in [0.29, 0.717) is 10.6 Å². The molecule has 1 amide bonds. The molecule has 0 aliphatic heterocycles. The molecule has 0 aromatic carbocycles. The maximum absolute atomic E-state index is 12.0. The average Bonchev–Trinajstić information content (AvgIpc) is 3.31. The highest BCUT2D eigenvalue weighted by Crippen LogP contribution is 2.36. The van der Waals surface area contributed by atoms with Gasteiger partial charge < -0.3 is 5.32 Å². The normalized spacial score (nSPS) is 10.7. The van der Waals surface area contributed by atoms with Crippen LogP contribution in [0.1, 0.15) is 19.4 Å². The number of nitriles is 1. The fourth-order valence-electron chi connectivity index (χ4n) is 2.41. The van der Waals surface area contributed by atoms with Crippen LogP contribution in [0.25, 0.3) is 21.0 Å². The van der Waals surface area contributed by atoms with Gasteiger partial charge in [0, 0.05) is 16.5 Å². The van der Waals surface area contributed by atoms with E-state index >= 15 is 0 Å². The predicted octanol–water partition coefficient (Wildman–Crippen LogP) is 5.03. The second kappa shape index (κ2) is 8.49. The first kappa shape index (κ1) is 18.6. The molecular formula is C19H17N3OS3. The number of nitrogens with one attached hydrogen (secondary N) is 1. The minimum Gasteiger partial charge on any atom is -0.353 e. The first-order valence-electron chi connectivity index (χ1n) is 8.03. The van der Waals surface area contributed by atoms with Gasteiger partial charge in [-0.25, -0.2) is 4.98 Å². The van der Waals surface area contributed by atoms with Crippen molar-refractivity contribution in [1.29, 1.82) is 5.26 Å². The summed E-state index contributed by atoms with van der Waals surface area (Å²) in [5, 5.41) is 17.2. The quantitative estimate of drug-likeness (QED) is 0.591. The van der Waals surface area contributed by atoms with Gasteiger partial charge in [-0.2, -0.15) is 5.26 Å². The van der Waals surface area contributed by atoms with Crippen molar-refractivity contribution in [2.75, 3.05) is 5.75 Å². The Morgan fingerprint density at radius 1 is 1.27 bits per heavy atom. The summed E-state index contributed by atoms with van der Waals surface area (Å²) in [6, 6.07) is 12.3. The molecule has 3 rings (SSSR count). The van der Waals surface area contributed by atoms with Crippen molar-refractivity contribution in [3.05, 3.63) is 46.7 Å². The van der Waals surface area contributed by atoms with E-state index in [-0.39, 0.29) is 17.7 Å². The number of hydrogen-bond donors (Lipinski definition) is 1. The molecule has 1 N–H and O–H groups in total. The molecule has 3 heterocycles. The van der Waals surface area contributed by atoms with E-state index in [1.54, 1.807) is 22.7 Å². The van der Waals surface area contributed by atoms with Crippen LogP contribution in [-0.2, 0) is 4.79 Å². The van der Waals surface area contributed by atoms with Crippen molar-refractivity contribution in [2.45, 2.75) is 24.9 Å². The highest BCUT2D eigenvalue weighted by Gasteiger charge is 2.18. The molecule has 4 nitrogen and oxygen atoms in total. The Morgan fingerprint density at radius 3 is 2.54 bits per heavy atom. The molecule has 26 heavy (non-hydrogen) atoms. The fraction of sp³-hybridized carbons (Fsp3) is 0.211. The Balaban J connectivity index is 2.01. The Bertz CT molecular complexity index is 926. The first-order valence-corrected chi connectivity index (χ1v) is 10.8. The number of thiophene rings is 2. The topological polar surface area (TPSA) is 65.8 Å². The molecule has 0 unspecified atom stereocenters. The summed E-state index contributed by atoms with van der Waals surface area (Å²) in [6.07, 6.45) is 0. The van der Waals surface area contributed by atoms with Crippen molar-refractivity contribution < 1.29 is 4.79 Å². The molecule has 0 saturated carbocycles. The van der Waals surface area contributed by atoms with Crippen molar-refractivity contribution in [3.8, 4) is 27.1 Å². The molecule has 0 fully saturated rings. The van der Waals surface area contributed by atoms with Gasteiger partial charge in [-0.1, -0.05) is 23.9 Å². The maximum atomic E-state index is 12.0. The number of pyridine rings is 1. The lowest BCUT2D eigenvalue weighted by Gasteiger charge is -2.11. The summed E-state index contributed by atoms with van der Waals surface area (Å²) in [7, 11) is 0. The van der Waals surface area contributed by atoms with Gasteiger partial charge in [-0.3, -0.25) is 4.79 Å². The maximum Gasteiger partial charge on any atom is 0.230 e. The standard InChI is InChI=1S/C19H17N3OS3/c1-12(2)21-18(23)11-26-19-14(10-20)13(16-5-3-7-24-16)9-15(22-19)17-6-4-8-25-17/h3-9,12H,11H2,1-2H3,(H,21,23). The summed E-state index contributed by atoms with van der Waals surface area (Å²) in [6.45, 7) is 3.85. The molecule has 132 valence electrons. The Kier molecular flexibility index (Phi) is 6.09. The van der Waals surface area contributed by atoms with Crippen LogP contribution in [0.3, 0.4) is 0 Å². The van der Waals surface area contributed by atoms with Gasteiger partial charge in [0.1, 0.15) is 11.1 Å². The van der Waals surface area contributed by atoms with Gasteiger partial charge >= 0.3 is 0 Å². The number of rotatable bonds is 6. The van der Waals surface area contributed by atoms with E-state index in [4.69, 9.17) is 0 Å². The number of thioether (sulfide) groups is 1. The van der Waals surface area contributed by atoms with Gasteiger partial charge in [0.2, 0.25) is 5.91 Å². The van der Waals surface area contributed by atoms with Crippen molar-refractivity contribution in [1.82, 2.24) is 10.3 Å². The van der Waals surface area contributed by atoms with E-state index in [0.717, 1.165) is 21.0 Å². The van der Waals surface area contributed by atoms with Gasteiger partial charge in [0.05, 0.1) is 21.9 Å². The van der Waals surface area contributed by atoms with Crippen LogP contribution in [0.4, 0.5) is 0 Å². The predicted molar refractivity (Wildman–Crippen MR) is 110 cm³/mol. The summed E-state index contributed by atoms with van der Waals surface area (Å²) >= 11 is 4.50. The lowest BCUT2D eigenvalue weighted by molar-refractivity contribution is -0.119. The Morgan fingerprint density at radius 2 is 1.96 bits per heavy atom. The summed E-state index contributed by atoms with van der Waals surface area (Å²) in [5.74, 6) is 0.173. The second-order valence-electron chi connectivity index (χ2n) is 5.81. The van der Waals surface area contributed by atoms with E-state index in [9.17, 15) is 10.1 Å². The monoisotopic (exact) mass is 399 g/mol. The fourth-order valence-corrected chi connectivity index (χ4v) is 4.66. The summed E-state index contributed by atoms with van der Waals surface area (Å²) < 4.78 is 0. The van der Waals surface area contributed by atoms with E-state index in [1.807, 2.05) is 54.9 Å². The third-order valence-electron chi connectivity index (χ3n) is 3.45. The van der Waals surface area contributed by atoms with Crippen LogP contribution >= 0.6 is 34.4 Å². The molecule has 3 aromatic rings. The van der Waals surface area contributed by atoms with Crippen LogP contribution in [-0.4, -0.2) is 22.7 Å². The highest BCUT2D eigenvalue weighted by atomic mass is 32.2. The molecule has 0 radical (unpaired) electrons. The van der Waals surface area contributed by atoms with Crippen LogP contribution in [0, 0.1) is 11.3 Å². The molecule has 0 saturated heterocycles. The zero-order valence-corrected chi connectivity index (χ0v) is 16.8. The molecule has 3 aromatic heterocycles. The lowest BCUT2D eigenvalue weighted by Crippen LogP contribution is -2.31. The first-order chi connectivity index (χ1) is 12.6. The molecule has 0 atom stereocenters. The minimum atomic E-state index is -0.0603. The molecule has 0 bridgehead atoms. The number of nitrogens with zero attached hydrogens (tertiary/aromatic N) is 2. The van der Waals surface area contributed by atoms with Crippen LogP contribution in [0.2, 0.25) is 0 Å². The third-order valence-corrected chi connectivity index (χ3v) is 6.22. The van der Waals surface area contributed by atoms with Crippen LogP contribution in [0.15, 0.2) is 46.1 Å². The van der Waals surface area contributed by atoms with Crippen LogP contribution in [0.5, 0.6) is 0 Å². The van der Waals surface area contributed by atoms with E-state index < -0.39 is 0 Å².